The van der Waals surface area contributed by atoms with Crippen molar-refractivity contribution in [3.8, 4) is 0 Å². The number of thioether (sulfide) groups is 1. The molecular formula is C40H51F13O9S2. The third kappa shape index (κ3) is 13.7. The van der Waals surface area contributed by atoms with Crippen molar-refractivity contribution in [1.29, 1.82) is 0 Å². The summed E-state index contributed by atoms with van der Waals surface area (Å²) in [6.07, 6.45) is -3.83. The van der Waals surface area contributed by atoms with Gasteiger partial charge in [0, 0.05) is 18.3 Å². The lowest BCUT2D eigenvalue weighted by atomic mass is 9.82. The maximum atomic E-state index is 15.7. The maximum Gasteiger partial charge on any atom is 0.460 e. The van der Waals surface area contributed by atoms with Gasteiger partial charge in [0.25, 0.3) is 5.12 Å². The van der Waals surface area contributed by atoms with E-state index < -0.39 is 98.5 Å². The SMILES string of the molecule is CCO/C=C\C1CC(/C=C/C2CC(C(Cc3ccccc3)SCC(=O)S(=O)(=O)O)CC2COCCOCCOCCOC)CC1C(F)(F)C(F)(F)C(F)(F)C(F)(F)C(F)(F)C(F)(F)F. The van der Waals surface area contributed by atoms with Crippen LogP contribution in [0.2, 0.25) is 0 Å². The summed E-state index contributed by atoms with van der Waals surface area (Å²) in [4.78, 5) is 12.2. The molecule has 0 spiro atoms. The topological polar surface area (TPSA) is 118 Å². The summed E-state index contributed by atoms with van der Waals surface area (Å²) in [5, 5.41) is -1.89. The normalized spacial score (nSPS) is 23.7. The number of hydrogen-bond acceptors (Lipinski definition) is 9. The first-order chi connectivity index (χ1) is 29.7. The van der Waals surface area contributed by atoms with Gasteiger partial charge in [-0.15, -0.1) is 11.8 Å². The molecule has 1 aromatic carbocycles. The number of hydrogen-bond donors (Lipinski definition) is 1. The predicted octanol–water partition coefficient (Wildman–Crippen LogP) is 9.57. The highest BCUT2D eigenvalue weighted by atomic mass is 32.2. The lowest BCUT2D eigenvalue weighted by Crippen LogP contribution is -2.71. The highest BCUT2D eigenvalue weighted by molar-refractivity contribution is 8.07. The number of methoxy groups -OCH3 is 1. The monoisotopic (exact) mass is 986 g/mol. The minimum atomic E-state index is -8.02. The van der Waals surface area contributed by atoms with Gasteiger partial charge < -0.3 is 23.7 Å². The quantitative estimate of drug-likeness (QED) is 0.0301. The van der Waals surface area contributed by atoms with E-state index in [-0.39, 0.29) is 57.9 Å². The van der Waals surface area contributed by atoms with Crippen molar-refractivity contribution >= 4 is 27.0 Å². The summed E-state index contributed by atoms with van der Waals surface area (Å²) in [7, 11) is -3.50. The highest BCUT2D eigenvalue weighted by Crippen LogP contribution is 2.63. The van der Waals surface area contributed by atoms with Crippen molar-refractivity contribution in [1.82, 2.24) is 0 Å². The Morgan fingerprint density at radius 1 is 0.750 bits per heavy atom. The minimum Gasteiger partial charge on any atom is -0.502 e. The van der Waals surface area contributed by atoms with Crippen LogP contribution in [0.4, 0.5) is 57.1 Å². The number of carbonyl (C=O) groups excluding carboxylic acids is 1. The molecule has 368 valence electrons. The van der Waals surface area contributed by atoms with Crippen LogP contribution in [0.1, 0.15) is 38.2 Å². The summed E-state index contributed by atoms with van der Waals surface area (Å²) in [5.74, 6) is -45.3. The largest absolute Gasteiger partial charge is 0.502 e. The van der Waals surface area contributed by atoms with Gasteiger partial charge in [-0.25, -0.2) is 0 Å². The molecule has 7 atom stereocenters. The van der Waals surface area contributed by atoms with Crippen LogP contribution in [0.5, 0.6) is 0 Å². The molecule has 9 nitrogen and oxygen atoms in total. The number of benzene rings is 1. The van der Waals surface area contributed by atoms with Gasteiger partial charge in [-0.3, -0.25) is 9.35 Å². The summed E-state index contributed by atoms with van der Waals surface area (Å²) in [6, 6.07) is 8.84. The summed E-state index contributed by atoms with van der Waals surface area (Å²) >= 11 is 0.971. The zero-order valence-corrected chi connectivity index (χ0v) is 36.2. The molecule has 0 heterocycles. The maximum absolute atomic E-state index is 15.7. The summed E-state index contributed by atoms with van der Waals surface area (Å²) in [5.41, 5.74) is 0.806. The number of alkyl halides is 13. The van der Waals surface area contributed by atoms with Crippen LogP contribution in [0.25, 0.3) is 0 Å². The van der Waals surface area contributed by atoms with Gasteiger partial charge >= 0.3 is 45.9 Å². The van der Waals surface area contributed by atoms with E-state index in [4.69, 9.17) is 23.7 Å². The smallest absolute Gasteiger partial charge is 0.460 e. The van der Waals surface area contributed by atoms with Crippen LogP contribution in [0, 0.1) is 35.5 Å². The second-order valence-corrected chi connectivity index (χ2v) is 18.1. The Kier molecular flexibility index (Phi) is 20.4. The molecule has 0 aliphatic heterocycles. The van der Waals surface area contributed by atoms with Crippen LogP contribution in [0.15, 0.2) is 54.8 Å². The first-order valence-corrected chi connectivity index (χ1v) is 22.5. The Morgan fingerprint density at radius 2 is 1.33 bits per heavy atom. The number of halogens is 13. The average molecular weight is 987 g/mol. The molecular weight excluding hydrogens is 936 g/mol. The third-order valence-corrected chi connectivity index (χ3v) is 13.4. The van der Waals surface area contributed by atoms with Crippen LogP contribution in [-0.2, 0) is 45.0 Å². The van der Waals surface area contributed by atoms with E-state index in [2.05, 4.69) is 0 Å². The number of allylic oxidation sites excluding steroid dienone is 3. The van der Waals surface area contributed by atoms with Gasteiger partial charge in [0.15, 0.2) is 0 Å². The second kappa shape index (κ2) is 23.4. The second-order valence-electron chi connectivity index (χ2n) is 15.4. The number of rotatable bonds is 27. The molecule has 1 N–H and O–H groups in total. The van der Waals surface area contributed by atoms with Crippen LogP contribution in [-0.4, -0.2) is 125 Å². The molecule has 7 unspecified atom stereocenters. The molecule has 2 fully saturated rings. The molecule has 0 saturated heterocycles. The Bertz CT molecular complexity index is 1770. The average Bonchev–Trinajstić information content (AvgIpc) is 3.82. The molecule has 1 aromatic rings. The molecule has 0 radical (unpaired) electrons. The van der Waals surface area contributed by atoms with Crippen molar-refractivity contribution in [2.75, 3.05) is 65.7 Å². The van der Waals surface area contributed by atoms with Gasteiger partial charge in [0.2, 0.25) is 0 Å². The van der Waals surface area contributed by atoms with Gasteiger partial charge in [0.1, 0.15) is 0 Å². The molecule has 0 aromatic heterocycles. The van der Waals surface area contributed by atoms with Crippen molar-refractivity contribution in [3.63, 3.8) is 0 Å². The zero-order valence-electron chi connectivity index (χ0n) is 34.6. The van der Waals surface area contributed by atoms with Crippen molar-refractivity contribution in [2.24, 2.45) is 35.5 Å². The minimum absolute atomic E-state index is 0.0645. The lowest BCUT2D eigenvalue weighted by molar-refractivity contribution is -0.443. The fourth-order valence-electron chi connectivity index (χ4n) is 7.67. The van der Waals surface area contributed by atoms with Crippen LogP contribution in [0.3, 0.4) is 0 Å². The molecule has 0 amide bonds. The first-order valence-electron chi connectivity index (χ1n) is 20.0. The molecule has 0 bridgehead atoms. The van der Waals surface area contributed by atoms with Gasteiger partial charge in [-0.1, -0.05) is 42.5 Å². The Morgan fingerprint density at radius 3 is 1.89 bits per heavy atom. The van der Waals surface area contributed by atoms with Crippen molar-refractivity contribution < 1.29 is 98.5 Å². The van der Waals surface area contributed by atoms with Crippen molar-refractivity contribution in [2.45, 2.75) is 80.1 Å². The summed E-state index contributed by atoms with van der Waals surface area (Å²) in [6.45, 7) is 2.88. The van der Waals surface area contributed by atoms with E-state index in [1.165, 1.54) is 26.2 Å². The molecule has 2 aliphatic rings. The predicted molar refractivity (Wildman–Crippen MR) is 207 cm³/mol. The standard InChI is InChI=1S/C40H51F13O9S2/c1-3-59-12-11-29-19-27(20-32(29)35(41,42)36(43,44)37(45,46)38(47,48)39(49,50)40(51,52)53)9-10-28-22-30(23-31(28)24-62-18-17-61-16-15-60-14-13-58-2)33(21-26-7-5-4-6-8-26)63-25-34(54)64(55,56)57/h4-12,27-33H,3,13-25H2,1-2H3,(H,55,56,57)/b10-9+,12-11-. The number of carbonyl (C=O) groups is 1. The molecule has 64 heavy (non-hydrogen) atoms. The van der Waals surface area contributed by atoms with Crippen molar-refractivity contribution in [3.05, 3.63) is 60.4 Å². The molecule has 24 heteroatoms. The van der Waals surface area contributed by atoms with Gasteiger partial charge in [-0.2, -0.15) is 65.5 Å². The van der Waals surface area contributed by atoms with Gasteiger partial charge in [0.05, 0.1) is 64.9 Å². The van der Waals surface area contributed by atoms with E-state index in [0.717, 1.165) is 29.7 Å². The number of ether oxygens (including phenoxy) is 5. The lowest BCUT2D eigenvalue weighted by Gasteiger charge is -2.42. The highest BCUT2D eigenvalue weighted by Gasteiger charge is 2.91. The molecule has 3 rings (SSSR count). The van der Waals surface area contributed by atoms with Crippen LogP contribution >= 0.6 is 11.8 Å². The first kappa shape index (κ1) is 55.7. The zero-order chi connectivity index (χ0) is 48.2. The van der Waals surface area contributed by atoms with Crippen LogP contribution < -0.4 is 0 Å². The van der Waals surface area contributed by atoms with E-state index in [0.29, 0.717) is 26.1 Å². The third-order valence-electron chi connectivity index (χ3n) is 11.1. The van der Waals surface area contributed by atoms with E-state index in [9.17, 15) is 57.3 Å². The van der Waals surface area contributed by atoms with Gasteiger partial charge in [-0.05, 0) is 80.3 Å². The van der Waals surface area contributed by atoms with E-state index >= 15 is 17.6 Å². The van der Waals surface area contributed by atoms with E-state index in [1.807, 2.05) is 0 Å². The molecule has 2 aliphatic carbocycles. The summed E-state index contributed by atoms with van der Waals surface area (Å²) < 4.78 is 243. The Hall–Kier alpha value is -2.64. The fourth-order valence-corrected chi connectivity index (χ4v) is 9.63. The van der Waals surface area contributed by atoms with E-state index in [1.54, 1.807) is 30.3 Å². The Labute approximate surface area is 366 Å². The fraction of sp³-hybridized carbons (Fsp3) is 0.725. The Balaban J connectivity index is 1.92. The molecule has 2 saturated carbocycles.